The number of thiophene rings is 1. The molecule has 8 nitrogen and oxygen atoms in total. The molecule has 0 aliphatic carbocycles. The smallest absolute Gasteiger partial charge is 0.339 e. The van der Waals surface area contributed by atoms with Crippen molar-refractivity contribution in [2.75, 3.05) is 31.7 Å². The van der Waals surface area contributed by atoms with Crippen LogP contribution in [0.4, 0.5) is 16.4 Å². The van der Waals surface area contributed by atoms with Gasteiger partial charge in [0, 0.05) is 12.2 Å². The minimum atomic E-state index is -1.13. The van der Waals surface area contributed by atoms with Crippen LogP contribution < -0.4 is 5.32 Å². The van der Waals surface area contributed by atoms with E-state index in [0.29, 0.717) is 35.9 Å². The summed E-state index contributed by atoms with van der Waals surface area (Å²) in [5, 5.41) is 38.7. The van der Waals surface area contributed by atoms with E-state index in [0.717, 1.165) is 22.6 Å². The molecular formula is C18H20N4O4S. The maximum Gasteiger partial charge on any atom is 0.339 e. The Bertz CT molecular complexity index is 886. The zero-order chi connectivity index (χ0) is 19.8. The highest BCUT2D eigenvalue weighted by Gasteiger charge is 2.20. The molecular weight excluding hydrogens is 368 g/mol. The van der Waals surface area contributed by atoms with Crippen LogP contribution in [-0.4, -0.2) is 42.5 Å². The molecule has 1 heterocycles. The van der Waals surface area contributed by atoms with Crippen LogP contribution in [0.3, 0.4) is 0 Å². The molecule has 9 heteroatoms. The summed E-state index contributed by atoms with van der Waals surface area (Å²) in [6.45, 7) is 4.87. The quantitative estimate of drug-likeness (QED) is 0.443. The van der Waals surface area contributed by atoms with Gasteiger partial charge in [-0.3, -0.25) is 0 Å². The second-order valence-corrected chi connectivity index (χ2v) is 6.62. The van der Waals surface area contributed by atoms with Crippen molar-refractivity contribution < 1.29 is 19.7 Å². The Morgan fingerprint density at radius 1 is 1.33 bits per heavy atom. The van der Waals surface area contributed by atoms with E-state index in [1.807, 2.05) is 25.1 Å². The van der Waals surface area contributed by atoms with Crippen molar-refractivity contribution in [3.63, 3.8) is 0 Å². The lowest BCUT2D eigenvalue weighted by molar-refractivity contribution is 0.0697. The number of hydrogen-bond donors (Lipinski definition) is 3. The maximum atomic E-state index is 11.4. The Balaban J connectivity index is 2.12. The fraction of sp³-hybridized carbons (Fsp3) is 0.333. The number of ether oxygens (including phenoxy) is 1. The predicted molar refractivity (Wildman–Crippen MR) is 102 cm³/mol. The van der Waals surface area contributed by atoms with Gasteiger partial charge in [-0.05, 0) is 43.2 Å². The molecule has 1 aromatic heterocycles. The number of aliphatic hydroxyl groups is 1. The second kappa shape index (κ2) is 9.78. The van der Waals surface area contributed by atoms with E-state index in [-0.39, 0.29) is 17.2 Å². The van der Waals surface area contributed by atoms with Crippen LogP contribution in [0.2, 0.25) is 0 Å². The molecule has 0 amide bonds. The molecule has 0 aliphatic heterocycles. The number of nitriles is 1. The van der Waals surface area contributed by atoms with Crippen LogP contribution >= 0.6 is 11.3 Å². The van der Waals surface area contributed by atoms with E-state index in [4.69, 9.17) is 15.1 Å². The van der Waals surface area contributed by atoms with Gasteiger partial charge in [-0.1, -0.05) is 0 Å². The molecule has 0 aliphatic rings. The summed E-state index contributed by atoms with van der Waals surface area (Å²) in [5.41, 5.74) is 2.79. The first-order chi connectivity index (χ1) is 13.0. The lowest BCUT2D eigenvalue weighted by Crippen LogP contribution is -2.11. The van der Waals surface area contributed by atoms with E-state index in [1.165, 1.54) is 0 Å². The van der Waals surface area contributed by atoms with E-state index < -0.39 is 5.97 Å². The summed E-state index contributed by atoms with van der Waals surface area (Å²) >= 11 is 1.01. The first-order valence-corrected chi connectivity index (χ1v) is 9.01. The van der Waals surface area contributed by atoms with Crippen LogP contribution in [0, 0.1) is 25.2 Å². The molecule has 0 fully saturated rings. The zero-order valence-corrected chi connectivity index (χ0v) is 15.8. The summed E-state index contributed by atoms with van der Waals surface area (Å²) in [4.78, 5) is 11.7. The van der Waals surface area contributed by atoms with Crippen LogP contribution in [0.25, 0.3) is 0 Å². The van der Waals surface area contributed by atoms with E-state index >= 15 is 0 Å². The zero-order valence-electron chi connectivity index (χ0n) is 15.0. The number of anilines is 1. The first kappa shape index (κ1) is 20.5. The summed E-state index contributed by atoms with van der Waals surface area (Å²) in [7, 11) is 0. The summed E-state index contributed by atoms with van der Waals surface area (Å²) in [6, 6.07) is 7.50. The van der Waals surface area contributed by atoms with E-state index in [9.17, 15) is 9.90 Å². The molecule has 0 bridgehead atoms. The molecule has 2 aromatic rings. The van der Waals surface area contributed by atoms with Crippen LogP contribution in [-0.2, 0) is 4.74 Å². The highest BCUT2D eigenvalue weighted by Crippen LogP contribution is 2.36. The number of hydrogen-bond acceptors (Lipinski definition) is 8. The minimum Gasteiger partial charge on any atom is -0.478 e. The van der Waals surface area contributed by atoms with Crippen LogP contribution in [0.15, 0.2) is 28.4 Å². The van der Waals surface area contributed by atoms with Gasteiger partial charge in [0.1, 0.15) is 16.5 Å². The van der Waals surface area contributed by atoms with E-state index in [1.54, 1.807) is 13.0 Å². The van der Waals surface area contributed by atoms with Crippen molar-refractivity contribution in [3.05, 3.63) is 39.8 Å². The average molecular weight is 388 g/mol. The number of azo groups is 1. The summed E-state index contributed by atoms with van der Waals surface area (Å²) < 4.78 is 5.18. The molecule has 0 unspecified atom stereocenters. The number of aromatic carboxylic acids is 1. The Kier molecular flexibility index (Phi) is 7.43. The van der Waals surface area contributed by atoms with Crippen molar-refractivity contribution in [1.29, 1.82) is 5.26 Å². The van der Waals surface area contributed by atoms with Crippen molar-refractivity contribution in [1.82, 2.24) is 0 Å². The molecule has 2 rings (SSSR count). The Labute approximate surface area is 160 Å². The normalized spacial score (nSPS) is 10.9. The Hall–Kier alpha value is -2.80. The largest absolute Gasteiger partial charge is 0.478 e. The number of benzene rings is 1. The van der Waals surface area contributed by atoms with Gasteiger partial charge in [-0.2, -0.15) is 5.26 Å². The fourth-order valence-corrected chi connectivity index (χ4v) is 3.26. The second-order valence-electron chi connectivity index (χ2n) is 5.62. The lowest BCUT2D eigenvalue weighted by Gasteiger charge is -2.08. The summed E-state index contributed by atoms with van der Waals surface area (Å²) in [6.07, 6.45) is 0. The third kappa shape index (κ3) is 5.34. The number of nitrogens with zero attached hydrogens (tertiary/aromatic N) is 3. The van der Waals surface area contributed by atoms with Gasteiger partial charge in [0.05, 0.1) is 25.5 Å². The first-order valence-electron chi connectivity index (χ1n) is 8.19. The minimum absolute atomic E-state index is 0.00201. The van der Waals surface area contributed by atoms with E-state index in [2.05, 4.69) is 15.5 Å². The monoisotopic (exact) mass is 388 g/mol. The molecule has 1 aromatic carbocycles. The van der Waals surface area contributed by atoms with Gasteiger partial charge in [0.2, 0.25) is 0 Å². The van der Waals surface area contributed by atoms with Gasteiger partial charge < -0.3 is 20.3 Å². The number of carboxylic acids is 1. The van der Waals surface area contributed by atoms with Crippen molar-refractivity contribution in [3.8, 4) is 6.07 Å². The van der Waals surface area contributed by atoms with Crippen LogP contribution in [0.5, 0.6) is 0 Å². The van der Waals surface area contributed by atoms with Gasteiger partial charge in [-0.15, -0.1) is 21.6 Å². The molecule has 27 heavy (non-hydrogen) atoms. The molecule has 0 atom stereocenters. The van der Waals surface area contributed by atoms with Gasteiger partial charge in [0.25, 0.3) is 0 Å². The average Bonchev–Trinajstić information content (AvgIpc) is 2.96. The van der Waals surface area contributed by atoms with Gasteiger partial charge >= 0.3 is 5.97 Å². The number of carboxylic acid groups (broad SMARTS) is 1. The van der Waals surface area contributed by atoms with Crippen molar-refractivity contribution >= 4 is 33.7 Å². The summed E-state index contributed by atoms with van der Waals surface area (Å²) in [5.74, 6) is -1.13. The predicted octanol–water partition coefficient (Wildman–Crippen LogP) is 3.77. The topological polar surface area (TPSA) is 127 Å². The maximum absolute atomic E-state index is 11.4. The third-order valence-electron chi connectivity index (χ3n) is 3.70. The highest BCUT2D eigenvalue weighted by molar-refractivity contribution is 7.16. The van der Waals surface area contributed by atoms with Crippen molar-refractivity contribution in [2.45, 2.75) is 13.8 Å². The van der Waals surface area contributed by atoms with Crippen LogP contribution in [0.1, 0.15) is 26.4 Å². The van der Waals surface area contributed by atoms with Crippen molar-refractivity contribution in [2.24, 2.45) is 10.2 Å². The highest BCUT2D eigenvalue weighted by atomic mass is 32.1. The number of rotatable bonds is 9. The molecule has 0 saturated carbocycles. The standard InChI is InChI=1S/C18H20N4O4S/c1-11-9-13(20-5-7-26-8-6-23)3-4-14(11)21-22-17-16(18(24)25)12(2)15(10-19)27-17/h3-4,9,20,23H,5-8H2,1-2H3,(H,24,25). The Morgan fingerprint density at radius 2 is 2.11 bits per heavy atom. The molecule has 142 valence electrons. The fourth-order valence-electron chi connectivity index (χ4n) is 2.34. The number of nitrogens with one attached hydrogen (secondary N) is 1. The molecule has 3 N–H and O–H groups in total. The molecule has 0 saturated heterocycles. The molecule has 0 radical (unpaired) electrons. The molecule has 0 spiro atoms. The Morgan fingerprint density at radius 3 is 2.74 bits per heavy atom. The van der Waals surface area contributed by atoms with Gasteiger partial charge in [0.15, 0.2) is 5.00 Å². The number of carbonyl (C=O) groups is 1. The lowest BCUT2D eigenvalue weighted by atomic mass is 10.1. The SMILES string of the molecule is Cc1cc(NCCOCCO)ccc1N=Nc1sc(C#N)c(C)c1C(=O)O. The number of aliphatic hydroxyl groups excluding tert-OH is 1. The third-order valence-corrected chi connectivity index (χ3v) is 4.78. The van der Waals surface area contributed by atoms with Gasteiger partial charge in [-0.25, -0.2) is 4.79 Å². The number of aryl methyl sites for hydroxylation is 1.